The van der Waals surface area contributed by atoms with Gasteiger partial charge in [0.1, 0.15) is 24.4 Å². The molecule has 2 rings (SSSR count). The molecule has 27 heavy (non-hydrogen) atoms. The summed E-state index contributed by atoms with van der Waals surface area (Å²) in [5.74, 6) is -0.906. The molecule has 0 aromatic rings. The van der Waals surface area contributed by atoms with Gasteiger partial charge >= 0.3 is 10.3 Å². The maximum atomic E-state index is 10.9. The molecule has 13 heteroatoms. The molecule has 0 aliphatic heterocycles. The monoisotopic (exact) mass is 414 g/mol. The standard InChI is InChI=1S/C14H26N2O10S/c15-27(24,25)26-4-6-2-8(12(21)14(23)10(6)19)16-7-1-5(3-17)9(18)13(22)11(7)20/h1,6-14,16-23H,2-4H2,(H2,15,24,25)/t6-,7+,8+,9-,10-,11+,12+,13+,14+/m1/s1. The average Bonchev–Trinajstić information content (AvgIpc) is 2.60. The molecule has 2 aliphatic carbocycles. The van der Waals surface area contributed by atoms with Crippen molar-refractivity contribution in [2.45, 2.75) is 55.1 Å². The summed E-state index contributed by atoms with van der Waals surface area (Å²) in [6, 6.07) is -1.93. The number of aliphatic hydroxyl groups is 7. The van der Waals surface area contributed by atoms with Crippen molar-refractivity contribution in [1.82, 2.24) is 5.32 Å². The molecular weight excluding hydrogens is 388 g/mol. The van der Waals surface area contributed by atoms with E-state index in [4.69, 9.17) is 5.14 Å². The van der Waals surface area contributed by atoms with Gasteiger partial charge in [0, 0.05) is 12.0 Å². The van der Waals surface area contributed by atoms with Crippen LogP contribution in [0.15, 0.2) is 11.6 Å². The van der Waals surface area contributed by atoms with E-state index in [1.807, 2.05) is 0 Å². The van der Waals surface area contributed by atoms with Gasteiger partial charge in [-0.3, -0.25) is 4.18 Å². The van der Waals surface area contributed by atoms with Crippen LogP contribution in [0.1, 0.15) is 6.42 Å². The zero-order valence-electron chi connectivity index (χ0n) is 14.2. The predicted octanol–water partition coefficient (Wildman–Crippen LogP) is -5.35. The summed E-state index contributed by atoms with van der Waals surface area (Å²) in [6.45, 7) is -1.10. The van der Waals surface area contributed by atoms with Crippen LogP contribution in [0.5, 0.6) is 0 Å². The summed E-state index contributed by atoms with van der Waals surface area (Å²) in [5.41, 5.74) is 0.0605. The SMILES string of the molecule is NS(=O)(=O)OC[C@H]1C[C@H](N[C@H]2C=C(CO)[C@@H](O)[C@H](O)[C@H]2O)[C@H](O)[C@@H](O)[C@@H]1O. The van der Waals surface area contributed by atoms with Crippen molar-refractivity contribution < 1.29 is 48.3 Å². The minimum absolute atomic E-state index is 0.0565. The topological polar surface area (TPSA) is 223 Å². The van der Waals surface area contributed by atoms with E-state index < -0.39 is 78.1 Å². The third-order valence-electron chi connectivity index (χ3n) is 5.00. The van der Waals surface area contributed by atoms with Gasteiger partial charge < -0.3 is 41.1 Å². The third kappa shape index (κ3) is 5.21. The highest BCUT2D eigenvalue weighted by atomic mass is 32.2. The summed E-state index contributed by atoms with van der Waals surface area (Å²) in [5, 5.41) is 76.8. The molecule has 2 aliphatic rings. The van der Waals surface area contributed by atoms with Gasteiger partial charge in [-0.2, -0.15) is 8.42 Å². The molecule has 0 spiro atoms. The Morgan fingerprint density at radius 3 is 2.22 bits per heavy atom. The fourth-order valence-corrected chi connectivity index (χ4v) is 3.79. The lowest BCUT2D eigenvalue weighted by molar-refractivity contribution is -0.133. The second-order valence-corrected chi connectivity index (χ2v) is 8.09. The Morgan fingerprint density at radius 2 is 1.67 bits per heavy atom. The molecule has 9 atom stereocenters. The zero-order chi connectivity index (χ0) is 20.5. The van der Waals surface area contributed by atoms with Crippen LogP contribution in [-0.4, -0.2) is 106 Å². The molecule has 12 nitrogen and oxygen atoms in total. The smallest absolute Gasteiger partial charge is 0.333 e. The first-order valence-electron chi connectivity index (χ1n) is 8.29. The predicted molar refractivity (Wildman–Crippen MR) is 89.1 cm³/mol. The lowest BCUT2D eigenvalue weighted by Gasteiger charge is -2.43. The first-order chi connectivity index (χ1) is 12.5. The number of rotatable bonds is 6. The van der Waals surface area contributed by atoms with Crippen molar-refractivity contribution in [2.24, 2.45) is 11.1 Å². The van der Waals surface area contributed by atoms with Gasteiger partial charge in [-0.1, -0.05) is 6.08 Å². The number of hydrogen-bond acceptors (Lipinski definition) is 11. The first kappa shape index (κ1) is 22.6. The molecule has 1 fully saturated rings. The summed E-state index contributed by atoms with van der Waals surface area (Å²) >= 11 is 0. The minimum atomic E-state index is -4.27. The van der Waals surface area contributed by atoms with E-state index in [1.165, 1.54) is 6.08 Å². The Kier molecular flexibility index (Phi) is 7.32. The van der Waals surface area contributed by atoms with Crippen LogP contribution in [0.4, 0.5) is 0 Å². The fraction of sp³-hybridized carbons (Fsp3) is 0.857. The van der Waals surface area contributed by atoms with Gasteiger partial charge in [0.05, 0.1) is 31.5 Å². The molecular formula is C14H26N2O10S. The van der Waals surface area contributed by atoms with E-state index in [9.17, 15) is 44.2 Å². The van der Waals surface area contributed by atoms with Crippen LogP contribution in [0.25, 0.3) is 0 Å². The first-order valence-corrected chi connectivity index (χ1v) is 9.76. The molecule has 0 saturated heterocycles. The van der Waals surface area contributed by atoms with Crippen LogP contribution < -0.4 is 10.5 Å². The van der Waals surface area contributed by atoms with Crippen molar-refractivity contribution in [3.63, 3.8) is 0 Å². The van der Waals surface area contributed by atoms with Crippen molar-refractivity contribution >= 4 is 10.3 Å². The molecule has 10 N–H and O–H groups in total. The number of aliphatic hydroxyl groups excluding tert-OH is 7. The summed E-state index contributed by atoms with van der Waals surface area (Å²) in [7, 11) is -4.27. The van der Waals surface area contributed by atoms with Crippen molar-refractivity contribution in [2.75, 3.05) is 13.2 Å². The highest BCUT2D eigenvalue weighted by Gasteiger charge is 2.45. The fourth-order valence-electron chi connectivity index (χ4n) is 3.43. The number of nitrogens with two attached hydrogens (primary N) is 1. The molecule has 0 amide bonds. The Labute approximate surface area is 155 Å². The summed E-state index contributed by atoms with van der Waals surface area (Å²) in [6.07, 6.45) is -7.88. The molecule has 0 aromatic carbocycles. The maximum Gasteiger partial charge on any atom is 0.333 e. The van der Waals surface area contributed by atoms with E-state index >= 15 is 0 Å². The van der Waals surface area contributed by atoms with Gasteiger partial charge in [0.15, 0.2) is 0 Å². The average molecular weight is 414 g/mol. The van der Waals surface area contributed by atoms with Crippen LogP contribution in [0, 0.1) is 5.92 Å². The Morgan fingerprint density at radius 1 is 1.04 bits per heavy atom. The highest BCUT2D eigenvalue weighted by molar-refractivity contribution is 7.84. The Balaban J connectivity index is 2.14. The van der Waals surface area contributed by atoms with E-state index in [0.717, 1.165) is 0 Å². The third-order valence-corrected chi connectivity index (χ3v) is 5.47. The van der Waals surface area contributed by atoms with Crippen LogP contribution in [0.3, 0.4) is 0 Å². The molecule has 0 aromatic heterocycles. The van der Waals surface area contributed by atoms with E-state index in [1.54, 1.807) is 0 Å². The lowest BCUT2D eigenvalue weighted by atomic mass is 9.78. The second-order valence-electron chi connectivity index (χ2n) is 6.87. The molecule has 1 saturated carbocycles. The van der Waals surface area contributed by atoms with Crippen molar-refractivity contribution in [3.8, 4) is 0 Å². The normalized spacial score (nSPS) is 43.4. The zero-order valence-corrected chi connectivity index (χ0v) is 15.1. The Bertz CT molecular complexity index is 644. The van der Waals surface area contributed by atoms with E-state index in [0.29, 0.717) is 0 Å². The highest BCUT2D eigenvalue weighted by Crippen LogP contribution is 2.28. The van der Waals surface area contributed by atoms with Gasteiger partial charge in [-0.05, 0) is 12.0 Å². The molecule has 0 unspecified atom stereocenters. The minimum Gasteiger partial charge on any atom is -0.392 e. The van der Waals surface area contributed by atoms with Gasteiger partial charge in [0.2, 0.25) is 0 Å². The van der Waals surface area contributed by atoms with Crippen molar-refractivity contribution in [3.05, 3.63) is 11.6 Å². The van der Waals surface area contributed by atoms with Crippen LogP contribution in [0.2, 0.25) is 0 Å². The van der Waals surface area contributed by atoms with Gasteiger partial charge in [0.25, 0.3) is 0 Å². The lowest BCUT2D eigenvalue weighted by Crippen LogP contribution is -2.63. The van der Waals surface area contributed by atoms with Crippen molar-refractivity contribution in [1.29, 1.82) is 0 Å². The van der Waals surface area contributed by atoms with Crippen LogP contribution in [-0.2, 0) is 14.5 Å². The van der Waals surface area contributed by atoms with Gasteiger partial charge in [-0.15, -0.1) is 0 Å². The van der Waals surface area contributed by atoms with E-state index in [2.05, 4.69) is 9.50 Å². The molecule has 0 heterocycles. The number of hydrogen-bond donors (Lipinski definition) is 9. The van der Waals surface area contributed by atoms with E-state index in [-0.39, 0.29) is 12.0 Å². The second kappa shape index (κ2) is 8.75. The van der Waals surface area contributed by atoms with Crippen LogP contribution >= 0.6 is 0 Å². The number of nitrogens with one attached hydrogen (secondary N) is 1. The molecule has 0 bridgehead atoms. The maximum absolute atomic E-state index is 10.9. The van der Waals surface area contributed by atoms with Gasteiger partial charge in [-0.25, -0.2) is 5.14 Å². The molecule has 0 radical (unpaired) electrons. The largest absolute Gasteiger partial charge is 0.392 e. The molecule has 158 valence electrons. The summed E-state index contributed by atoms with van der Waals surface area (Å²) < 4.78 is 26.3. The summed E-state index contributed by atoms with van der Waals surface area (Å²) in [4.78, 5) is 0. The Hall–Kier alpha value is -0.710. The quantitative estimate of drug-likeness (QED) is 0.187.